The van der Waals surface area contributed by atoms with Gasteiger partial charge in [-0.2, -0.15) is 0 Å². The monoisotopic (exact) mass is 380 g/mol. The first kappa shape index (κ1) is 23.1. The second-order valence-corrected chi connectivity index (χ2v) is 5.41. The van der Waals surface area contributed by atoms with E-state index in [-0.39, 0.29) is 0 Å². The van der Waals surface area contributed by atoms with Crippen molar-refractivity contribution in [1.82, 2.24) is 10.3 Å². The summed E-state index contributed by atoms with van der Waals surface area (Å²) in [5.74, 6) is 1.69. The van der Waals surface area contributed by atoms with Crippen molar-refractivity contribution in [2.75, 3.05) is 13.3 Å². The van der Waals surface area contributed by atoms with E-state index in [9.17, 15) is 0 Å². The summed E-state index contributed by atoms with van der Waals surface area (Å²) in [5.41, 5.74) is 4.15. The molecule has 0 unspecified atom stereocenters. The Morgan fingerprint density at radius 1 is 0.821 bits per heavy atom. The number of hydrogen-bond acceptors (Lipinski definition) is 3. The van der Waals surface area contributed by atoms with Gasteiger partial charge in [-0.1, -0.05) is 58.0 Å². The molecule has 0 radical (unpaired) electrons. The normalized spacial score (nSPS) is 12.4. The van der Waals surface area contributed by atoms with Crippen molar-refractivity contribution in [3.8, 4) is 24.3 Å². The molecule has 3 heterocycles. The number of hydrogen-bond donors (Lipinski definition) is 2. The average Bonchev–Trinajstić information content (AvgIpc) is 3.43. The zero-order valence-corrected chi connectivity index (χ0v) is 17.4. The van der Waals surface area contributed by atoms with E-state index in [1.54, 1.807) is 0 Å². The molecule has 0 aliphatic carbocycles. The van der Waals surface area contributed by atoms with Gasteiger partial charge < -0.3 is 19.8 Å². The van der Waals surface area contributed by atoms with Crippen LogP contribution >= 0.6 is 0 Å². The van der Waals surface area contributed by atoms with Crippen molar-refractivity contribution in [2.45, 2.75) is 40.7 Å². The molecule has 4 nitrogen and oxygen atoms in total. The van der Waals surface area contributed by atoms with Crippen molar-refractivity contribution in [1.29, 1.82) is 0 Å². The molecule has 150 valence electrons. The number of nitrogens with one attached hydrogen (secondary N) is 2. The van der Waals surface area contributed by atoms with Gasteiger partial charge in [0.25, 0.3) is 0 Å². The van der Waals surface area contributed by atoms with Gasteiger partial charge in [0.1, 0.15) is 0 Å². The van der Waals surface area contributed by atoms with Gasteiger partial charge in [-0.05, 0) is 36.7 Å². The minimum Gasteiger partial charge on any atom is -0.454 e. The second kappa shape index (κ2) is 13.3. The summed E-state index contributed by atoms with van der Waals surface area (Å²) in [5, 5.41) is 4.77. The van der Waals surface area contributed by atoms with E-state index in [0.29, 0.717) is 6.79 Å². The third kappa shape index (κ3) is 5.80. The van der Waals surface area contributed by atoms with Crippen molar-refractivity contribution in [2.24, 2.45) is 0 Å². The Bertz CT molecular complexity index is 814. The van der Waals surface area contributed by atoms with Gasteiger partial charge in [-0.15, -0.1) is 12.8 Å². The molecule has 0 atom stereocenters. The van der Waals surface area contributed by atoms with Crippen LogP contribution in [-0.4, -0.2) is 18.3 Å². The van der Waals surface area contributed by atoms with Crippen molar-refractivity contribution in [3.63, 3.8) is 0 Å². The summed E-state index contributed by atoms with van der Waals surface area (Å²) >= 11 is 0. The lowest BCUT2D eigenvalue weighted by atomic mass is 10.1. The molecule has 0 saturated heterocycles. The Morgan fingerprint density at radius 2 is 1.39 bits per heavy atom. The molecule has 0 amide bonds. The molecule has 2 aliphatic rings. The first-order valence-corrected chi connectivity index (χ1v) is 9.89. The van der Waals surface area contributed by atoms with Crippen LogP contribution in [0, 0.1) is 12.8 Å². The molecule has 0 spiro atoms. The van der Waals surface area contributed by atoms with Gasteiger partial charge in [0.05, 0.1) is 0 Å². The molecule has 1 aromatic heterocycles. The number of rotatable bonds is 0. The van der Waals surface area contributed by atoms with Gasteiger partial charge in [-0.25, -0.2) is 0 Å². The maximum Gasteiger partial charge on any atom is 0.231 e. The van der Waals surface area contributed by atoms with Crippen LogP contribution in [-0.2, 0) is 13.0 Å². The Labute approximate surface area is 169 Å². The van der Waals surface area contributed by atoms with Gasteiger partial charge in [0.2, 0.25) is 6.79 Å². The number of benzene rings is 2. The number of para-hydroxylation sites is 3. The molecule has 0 saturated carbocycles. The molecular weight excluding hydrogens is 348 g/mol. The highest BCUT2D eigenvalue weighted by molar-refractivity contribution is 5.84. The van der Waals surface area contributed by atoms with Crippen LogP contribution in [0.15, 0.2) is 48.5 Å². The zero-order valence-electron chi connectivity index (χ0n) is 17.4. The summed E-state index contributed by atoms with van der Waals surface area (Å²) in [6.45, 7) is 10.5. The SMILES string of the molecule is C#C.CC.CC.c1ccc2c(c1)OCO2.c1ccc2c3c([nH]c2c1)CNCC3. The summed E-state index contributed by atoms with van der Waals surface area (Å²) in [4.78, 5) is 3.45. The summed E-state index contributed by atoms with van der Waals surface area (Å²) in [6, 6.07) is 16.2. The van der Waals surface area contributed by atoms with E-state index in [0.717, 1.165) is 31.0 Å². The van der Waals surface area contributed by atoms with Crippen molar-refractivity contribution < 1.29 is 9.47 Å². The largest absolute Gasteiger partial charge is 0.454 e. The van der Waals surface area contributed by atoms with E-state index in [4.69, 9.17) is 9.47 Å². The summed E-state index contributed by atoms with van der Waals surface area (Å²) in [6.07, 6.45) is 9.15. The second-order valence-electron chi connectivity index (χ2n) is 5.41. The number of ether oxygens (including phenoxy) is 2. The van der Waals surface area contributed by atoms with E-state index >= 15 is 0 Å². The average molecular weight is 381 g/mol. The first-order valence-electron chi connectivity index (χ1n) is 9.89. The van der Waals surface area contributed by atoms with Crippen LogP contribution in [0.1, 0.15) is 39.0 Å². The molecule has 3 aromatic rings. The topological polar surface area (TPSA) is 46.3 Å². The van der Waals surface area contributed by atoms with E-state index in [1.807, 2.05) is 52.0 Å². The molecule has 0 fully saturated rings. The van der Waals surface area contributed by atoms with Gasteiger partial charge in [-0.3, -0.25) is 0 Å². The third-order valence-electron chi connectivity index (χ3n) is 4.03. The maximum atomic E-state index is 5.08. The molecule has 2 N–H and O–H groups in total. The Balaban J connectivity index is 0.000000230. The molecule has 2 aromatic carbocycles. The highest BCUT2D eigenvalue weighted by Gasteiger charge is 2.13. The lowest BCUT2D eigenvalue weighted by Gasteiger charge is -2.12. The molecule has 4 heteroatoms. The van der Waals surface area contributed by atoms with Crippen LogP contribution in [0.4, 0.5) is 0 Å². The van der Waals surface area contributed by atoms with E-state index in [2.05, 4.69) is 47.4 Å². The van der Waals surface area contributed by atoms with Crippen LogP contribution in [0.2, 0.25) is 0 Å². The smallest absolute Gasteiger partial charge is 0.231 e. The number of aromatic nitrogens is 1. The van der Waals surface area contributed by atoms with Crippen LogP contribution in [0.3, 0.4) is 0 Å². The summed E-state index contributed by atoms with van der Waals surface area (Å²) in [7, 11) is 0. The molecular formula is C24H32N2O2. The van der Waals surface area contributed by atoms with E-state index < -0.39 is 0 Å². The molecule has 0 bridgehead atoms. The molecule has 5 rings (SSSR count). The predicted octanol–water partition coefficient (Wildman–Crippen LogP) is 5.53. The Kier molecular flexibility index (Phi) is 11.0. The van der Waals surface area contributed by atoms with Crippen molar-refractivity contribution in [3.05, 3.63) is 59.8 Å². The fraction of sp³-hybridized carbons (Fsp3) is 0.333. The Morgan fingerprint density at radius 3 is 2.04 bits per heavy atom. The fourth-order valence-corrected chi connectivity index (χ4v) is 2.96. The van der Waals surface area contributed by atoms with Crippen LogP contribution in [0.25, 0.3) is 10.9 Å². The third-order valence-corrected chi connectivity index (χ3v) is 4.03. The fourth-order valence-electron chi connectivity index (χ4n) is 2.96. The zero-order chi connectivity index (χ0) is 20.8. The number of aromatic amines is 1. The van der Waals surface area contributed by atoms with Crippen LogP contribution < -0.4 is 14.8 Å². The van der Waals surface area contributed by atoms with E-state index in [1.165, 1.54) is 22.2 Å². The first-order chi connectivity index (χ1) is 13.9. The molecule has 2 aliphatic heterocycles. The highest BCUT2D eigenvalue weighted by atomic mass is 16.7. The lowest BCUT2D eigenvalue weighted by molar-refractivity contribution is 0.174. The van der Waals surface area contributed by atoms with Gasteiger partial charge >= 0.3 is 0 Å². The lowest BCUT2D eigenvalue weighted by Crippen LogP contribution is -2.22. The number of fused-ring (bicyclic) bond motifs is 4. The van der Waals surface area contributed by atoms with Gasteiger partial charge in [0.15, 0.2) is 11.5 Å². The number of terminal acetylenes is 1. The Hall–Kier alpha value is -2.90. The minimum absolute atomic E-state index is 0.360. The van der Waals surface area contributed by atoms with Crippen molar-refractivity contribution >= 4 is 10.9 Å². The summed E-state index contributed by atoms with van der Waals surface area (Å²) < 4.78 is 10.2. The standard InChI is InChI=1S/C11H12N2.C7H6O2.2C2H6.C2H2/c1-2-4-10-8(3-1)9-5-6-12-7-11(9)13-10;1-2-4-7-6(3-1)8-5-9-7;3*1-2/h1-4,12-13H,5-7H2;1-4H,5H2;2*1-2H3;1-2H. The highest BCUT2D eigenvalue weighted by Crippen LogP contribution is 2.30. The number of H-pyrrole nitrogens is 1. The maximum absolute atomic E-state index is 5.08. The molecule has 28 heavy (non-hydrogen) atoms. The minimum atomic E-state index is 0.360. The predicted molar refractivity (Wildman–Crippen MR) is 119 cm³/mol. The van der Waals surface area contributed by atoms with Gasteiger partial charge in [0, 0.05) is 23.1 Å². The van der Waals surface area contributed by atoms with Crippen LogP contribution in [0.5, 0.6) is 11.5 Å². The quantitative estimate of drug-likeness (QED) is 0.504.